The molecule has 1 aliphatic rings. The minimum Gasteiger partial charge on any atom is -0.496 e. The molecule has 6 rings (SSSR count). The van der Waals surface area contributed by atoms with Crippen LogP contribution in [0.1, 0.15) is 47.1 Å². The summed E-state index contributed by atoms with van der Waals surface area (Å²) in [6.07, 6.45) is -0.611. The second kappa shape index (κ2) is 18.8. The van der Waals surface area contributed by atoms with Crippen molar-refractivity contribution in [3.8, 4) is 16.9 Å². The molecule has 1 fully saturated rings. The van der Waals surface area contributed by atoms with Crippen LogP contribution in [0.25, 0.3) is 11.1 Å². The van der Waals surface area contributed by atoms with Gasteiger partial charge in [0.15, 0.2) is 6.29 Å². The summed E-state index contributed by atoms with van der Waals surface area (Å²) in [6.45, 7) is 2.41. The van der Waals surface area contributed by atoms with E-state index in [0.717, 1.165) is 49.6 Å². The van der Waals surface area contributed by atoms with Crippen LogP contribution in [0.2, 0.25) is 0 Å². The Bertz CT molecular complexity index is 1970. The van der Waals surface area contributed by atoms with Crippen LogP contribution in [0, 0.1) is 5.92 Å². The van der Waals surface area contributed by atoms with E-state index in [4.69, 9.17) is 18.9 Å². The van der Waals surface area contributed by atoms with Crippen molar-refractivity contribution in [1.82, 2.24) is 10.6 Å². The van der Waals surface area contributed by atoms with Gasteiger partial charge >= 0.3 is 12.0 Å². The maximum absolute atomic E-state index is 12.8. The molecular weight excluding hydrogens is 701 g/mol. The number of para-hydroxylation sites is 1. The molecule has 2 amide bonds. The molecule has 0 bridgehead atoms. The lowest BCUT2D eigenvalue weighted by molar-refractivity contribution is -0.268. The van der Waals surface area contributed by atoms with E-state index in [1.165, 1.54) is 7.11 Å². The molecule has 5 atom stereocenters. The molecule has 5 aromatic rings. The Labute approximate surface area is 321 Å². The highest BCUT2D eigenvalue weighted by Gasteiger charge is 2.38. The first-order chi connectivity index (χ1) is 26.3. The van der Waals surface area contributed by atoms with Crippen LogP contribution >= 0.6 is 11.8 Å². The van der Waals surface area contributed by atoms with Crippen LogP contribution in [-0.4, -0.2) is 49.2 Å². The van der Waals surface area contributed by atoms with E-state index in [9.17, 15) is 14.7 Å². The highest BCUT2D eigenvalue weighted by atomic mass is 32.2. The summed E-state index contributed by atoms with van der Waals surface area (Å²) in [4.78, 5) is 26.3. The van der Waals surface area contributed by atoms with Gasteiger partial charge in [-0.15, -0.1) is 11.8 Å². The molecular formula is C44H46N2O7S. The monoisotopic (exact) mass is 746 g/mol. The third-order valence-corrected chi connectivity index (χ3v) is 10.7. The summed E-state index contributed by atoms with van der Waals surface area (Å²) in [6, 6.07) is 40.2. The van der Waals surface area contributed by atoms with Gasteiger partial charge in [-0.05, 0) is 51.6 Å². The van der Waals surface area contributed by atoms with E-state index in [1.807, 2.05) is 121 Å². The molecule has 280 valence electrons. The van der Waals surface area contributed by atoms with Crippen LogP contribution < -0.4 is 15.4 Å². The summed E-state index contributed by atoms with van der Waals surface area (Å²) in [5.74, 6) is 1.09. The molecule has 0 spiro atoms. The first-order valence-corrected chi connectivity index (χ1v) is 19.0. The number of ether oxygens (including phenoxy) is 4. The lowest BCUT2D eigenvalue weighted by Gasteiger charge is -2.41. The van der Waals surface area contributed by atoms with E-state index in [2.05, 4.69) is 23.6 Å². The maximum atomic E-state index is 12.8. The van der Waals surface area contributed by atoms with Crippen molar-refractivity contribution in [3.63, 3.8) is 0 Å². The Morgan fingerprint density at radius 2 is 1.48 bits per heavy atom. The molecule has 1 heterocycles. The number of hydrogen-bond donors (Lipinski definition) is 3. The minimum absolute atomic E-state index is 0.0149. The van der Waals surface area contributed by atoms with Crippen LogP contribution in [0.4, 0.5) is 4.79 Å². The quantitative estimate of drug-likeness (QED) is 0.0774. The van der Waals surface area contributed by atoms with E-state index < -0.39 is 24.3 Å². The van der Waals surface area contributed by atoms with Crippen LogP contribution in [0.5, 0.6) is 5.75 Å². The van der Waals surface area contributed by atoms with Crippen molar-refractivity contribution in [2.45, 2.75) is 55.9 Å². The first kappa shape index (κ1) is 38.6. The van der Waals surface area contributed by atoms with Gasteiger partial charge in [0, 0.05) is 35.1 Å². The van der Waals surface area contributed by atoms with Gasteiger partial charge in [0.05, 0.1) is 33.0 Å². The number of carbonyl (C=O) groups is 2. The summed E-state index contributed by atoms with van der Waals surface area (Å²) in [5.41, 5.74) is 6.60. The predicted molar refractivity (Wildman–Crippen MR) is 210 cm³/mol. The topological polar surface area (TPSA) is 115 Å². The normalized spacial score (nSPS) is 18.7. The molecule has 1 saturated heterocycles. The fourth-order valence-corrected chi connectivity index (χ4v) is 7.68. The van der Waals surface area contributed by atoms with Gasteiger partial charge in [-0.25, -0.2) is 9.59 Å². The zero-order valence-corrected chi connectivity index (χ0v) is 31.5. The van der Waals surface area contributed by atoms with Gasteiger partial charge in [0.2, 0.25) is 0 Å². The number of urea groups is 1. The van der Waals surface area contributed by atoms with Crippen LogP contribution in [0.3, 0.4) is 0 Å². The van der Waals surface area contributed by atoms with Gasteiger partial charge in [0.1, 0.15) is 11.8 Å². The number of esters is 1. The second-order valence-corrected chi connectivity index (χ2v) is 14.3. The molecule has 5 unspecified atom stereocenters. The number of hydrogen-bond acceptors (Lipinski definition) is 8. The molecule has 0 saturated carbocycles. The summed E-state index contributed by atoms with van der Waals surface area (Å²) in [5, 5.41) is 15.2. The van der Waals surface area contributed by atoms with Crippen LogP contribution in [0.15, 0.2) is 132 Å². The zero-order chi connectivity index (χ0) is 37.9. The SMILES string of the molecule is COC(=O)C(Cc1ccccc1)NC(=O)NCc1cccc(-c2ccc(C3OC(CSc4ccccc4OC)C(C)C(c4ccc(CO)cc4)O3)cc2)c1. The van der Waals surface area contributed by atoms with Crippen molar-refractivity contribution >= 4 is 23.8 Å². The predicted octanol–water partition coefficient (Wildman–Crippen LogP) is 8.02. The number of benzene rings is 5. The fraction of sp³-hybridized carbons (Fsp3) is 0.273. The summed E-state index contributed by atoms with van der Waals surface area (Å²) >= 11 is 1.70. The summed E-state index contributed by atoms with van der Waals surface area (Å²) < 4.78 is 23.9. The van der Waals surface area contributed by atoms with Gasteiger partial charge in [-0.3, -0.25) is 0 Å². The van der Waals surface area contributed by atoms with E-state index in [1.54, 1.807) is 18.9 Å². The standard InChI is InChI=1S/C44H46N2O7S/c1-29-39(28-54-40-15-8-7-14-38(40)50-2)52-43(53-41(29)34-18-16-31(27-47)17-19-34)35-22-20-33(21-23-35)36-13-9-12-32(24-36)26-45-44(49)46-37(42(48)51-3)25-30-10-5-4-6-11-30/h4-24,29,37,39,41,43,47H,25-28H2,1-3H3,(H2,45,46,49). The number of thioether (sulfide) groups is 1. The van der Waals surface area contributed by atoms with Crippen molar-refractivity contribution < 1.29 is 33.6 Å². The van der Waals surface area contributed by atoms with E-state index >= 15 is 0 Å². The Morgan fingerprint density at radius 1 is 0.778 bits per heavy atom. The number of nitrogens with one attached hydrogen (secondary N) is 2. The smallest absolute Gasteiger partial charge is 0.328 e. The number of rotatable bonds is 14. The number of aliphatic hydroxyl groups is 1. The Balaban J connectivity index is 1.13. The van der Waals surface area contributed by atoms with Gasteiger partial charge < -0.3 is 34.7 Å². The van der Waals surface area contributed by atoms with Crippen molar-refractivity contribution in [3.05, 3.63) is 155 Å². The van der Waals surface area contributed by atoms with Crippen molar-refractivity contribution in [2.75, 3.05) is 20.0 Å². The maximum Gasteiger partial charge on any atom is 0.328 e. The lowest BCUT2D eigenvalue weighted by atomic mass is 9.91. The lowest BCUT2D eigenvalue weighted by Crippen LogP contribution is -2.47. The largest absolute Gasteiger partial charge is 0.496 e. The Hall–Kier alpha value is -5.13. The minimum atomic E-state index is -0.814. The Morgan fingerprint density at radius 3 is 2.20 bits per heavy atom. The van der Waals surface area contributed by atoms with Gasteiger partial charge in [-0.2, -0.15) is 0 Å². The van der Waals surface area contributed by atoms with Crippen molar-refractivity contribution in [1.29, 1.82) is 0 Å². The zero-order valence-electron chi connectivity index (χ0n) is 30.6. The fourth-order valence-electron chi connectivity index (χ4n) is 6.49. The number of methoxy groups -OCH3 is 2. The second-order valence-electron chi connectivity index (χ2n) is 13.2. The average molecular weight is 747 g/mol. The molecule has 5 aromatic carbocycles. The van der Waals surface area contributed by atoms with Gasteiger partial charge in [-0.1, -0.05) is 116 Å². The number of aliphatic hydroxyl groups excluding tert-OH is 1. The van der Waals surface area contributed by atoms with Crippen molar-refractivity contribution in [2.24, 2.45) is 5.92 Å². The highest BCUT2D eigenvalue weighted by molar-refractivity contribution is 7.99. The number of amides is 2. The molecule has 0 aliphatic carbocycles. The highest BCUT2D eigenvalue weighted by Crippen LogP contribution is 2.44. The summed E-state index contributed by atoms with van der Waals surface area (Å²) in [7, 11) is 2.99. The van der Waals surface area contributed by atoms with Crippen LogP contribution in [-0.2, 0) is 38.6 Å². The molecule has 9 nitrogen and oxygen atoms in total. The average Bonchev–Trinajstić information content (AvgIpc) is 3.22. The number of carbonyl (C=O) groups excluding carboxylic acids is 2. The first-order valence-electron chi connectivity index (χ1n) is 18.0. The molecule has 54 heavy (non-hydrogen) atoms. The molecule has 0 radical (unpaired) electrons. The molecule has 1 aliphatic heterocycles. The Kier molecular flexibility index (Phi) is 13.4. The van der Waals surface area contributed by atoms with E-state index in [0.29, 0.717) is 12.2 Å². The molecule has 3 N–H and O–H groups in total. The third kappa shape index (κ3) is 9.89. The third-order valence-electron chi connectivity index (χ3n) is 9.57. The molecule has 10 heteroatoms. The van der Waals surface area contributed by atoms with Gasteiger partial charge in [0.25, 0.3) is 0 Å². The molecule has 0 aromatic heterocycles. The van der Waals surface area contributed by atoms with E-state index in [-0.39, 0.29) is 31.3 Å².